The maximum Gasteiger partial charge on any atom is 0.313 e. The van der Waals surface area contributed by atoms with E-state index in [0.717, 1.165) is 29.9 Å². The maximum absolute atomic E-state index is 11.3. The minimum atomic E-state index is -0.322. The number of benzene rings is 1. The Morgan fingerprint density at radius 2 is 2.00 bits per heavy atom. The zero-order valence-corrected chi connectivity index (χ0v) is 14.2. The summed E-state index contributed by atoms with van der Waals surface area (Å²) in [5.41, 5.74) is 0.965. The van der Waals surface area contributed by atoms with Gasteiger partial charge in [-0.3, -0.25) is 4.79 Å². The van der Waals surface area contributed by atoms with Gasteiger partial charge in [0, 0.05) is 17.0 Å². The molecule has 124 valence electrons. The van der Waals surface area contributed by atoms with Gasteiger partial charge in [0.1, 0.15) is 23.7 Å². The minimum Gasteiger partial charge on any atom is -0.493 e. The second-order valence-corrected chi connectivity index (χ2v) is 5.69. The molecule has 0 unspecified atom stereocenters. The van der Waals surface area contributed by atoms with E-state index in [9.17, 15) is 4.79 Å². The number of hydrogen-bond acceptors (Lipinski definition) is 4. The molecule has 0 aliphatic rings. The Labute approximate surface area is 141 Å². The van der Waals surface area contributed by atoms with Gasteiger partial charge in [-0.15, -0.1) is 0 Å². The number of halogens is 1. The van der Waals surface area contributed by atoms with Crippen molar-refractivity contribution in [2.75, 3.05) is 13.7 Å². The average molecular weight is 337 g/mol. The van der Waals surface area contributed by atoms with Crippen molar-refractivity contribution >= 4 is 17.6 Å². The summed E-state index contributed by atoms with van der Waals surface area (Å²) >= 11 is 6.09. The lowest BCUT2D eigenvalue weighted by Crippen LogP contribution is -2.03. The van der Waals surface area contributed by atoms with E-state index in [2.05, 4.69) is 11.7 Å². The van der Waals surface area contributed by atoms with Gasteiger partial charge in [-0.25, -0.2) is 0 Å². The molecule has 0 saturated carbocycles. The highest BCUT2D eigenvalue weighted by atomic mass is 35.5. The molecule has 5 heteroatoms. The predicted molar refractivity (Wildman–Crippen MR) is 89.1 cm³/mol. The van der Waals surface area contributed by atoms with Crippen molar-refractivity contribution < 1.29 is 18.7 Å². The number of methoxy groups -OCH3 is 1. The minimum absolute atomic E-state index is 0.131. The zero-order valence-electron chi connectivity index (χ0n) is 13.4. The summed E-state index contributed by atoms with van der Waals surface area (Å²) in [6.45, 7) is 2.80. The van der Waals surface area contributed by atoms with E-state index in [1.54, 1.807) is 6.07 Å². The van der Waals surface area contributed by atoms with E-state index >= 15 is 0 Å². The molecule has 1 aromatic carbocycles. The third kappa shape index (κ3) is 5.32. The van der Waals surface area contributed by atoms with Crippen molar-refractivity contribution in [2.45, 2.75) is 32.6 Å². The molecule has 0 saturated heterocycles. The SMILES string of the molecule is CCCCOc1ccc(Cl)cc1Cc1ccc(CC(=O)OC)o1. The molecule has 0 amide bonds. The van der Waals surface area contributed by atoms with Gasteiger partial charge >= 0.3 is 5.97 Å². The van der Waals surface area contributed by atoms with E-state index < -0.39 is 0 Å². The standard InChI is InChI=1S/C18H21ClO4/c1-3-4-9-22-17-8-5-14(19)10-13(17)11-15-6-7-16(23-15)12-18(20)21-2/h5-8,10H,3-4,9,11-12H2,1-2H3. The number of esters is 1. The Morgan fingerprint density at radius 1 is 1.22 bits per heavy atom. The van der Waals surface area contributed by atoms with Crippen LogP contribution in [0.5, 0.6) is 5.75 Å². The van der Waals surface area contributed by atoms with Crippen LogP contribution in [0.3, 0.4) is 0 Å². The van der Waals surface area contributed by atoms with Crippen molar-refractivity contribution in [3.05, 3.63) is 52.4 Å². The molecule has 0 aliphatic carbocycles. The normalized spacial score (nSPS) is 10.6. The fraction of sp³-hybridized carbons (Fsp3) is 0.389. The Bertz CT molecular complexity index is 648. The highest BCUT2D eigenvalue weighted by molar-refractivity contribution is 6.30. The van der Waals surface area contributed by atoms with Gasteiger partial charge in [-0.05, 0) is 36.8 Å². The number of carbonyl (C=O) groups excluding carboxylic acids is 1. The van der Waals surface area contributed by atoms with Gasteiger partial charge in [0.25, 0.3) is 0 Å². The van der Waals surface area contributed by atoms with Gasteiger partial charge < -0.3 is 13.9 Å². The van der Waals surface area contributed by atoms with E-state index in [-0.39, 0.29) is 12.4 Å². The molecule has 23 heavy (non-hydrogen) atoms. The second kappa shape index (κ2) is 8.63. The van der Waals surface area contributed by atoms with Crippen molar-refractivity contribution in [2.24, 2.45) is 0 Å². The van der Waals surface area contributed by atoms with E-state index in [4.69, 9.17) is 20.8 Å². The number of ether oxygens (including phenoxy) is 2. The first kappa shape index (κ1) is 17.4. The predicted octanol–water partition coefficient (Wildman–Crippen LogP) is 4.42. The number of unbranched alkanes of at least 4 members (excludes halogenated alkanes) is 1. The first-order chi connectivity index (χ1) is 11.1. The second-order valence-electron chi connectivity index (χ2n) is 5.25. The molecular weight excluding hydrogens is 316 g/mol. The molecule has 2 aromatic rings. The number of hydrogen-bond donors (Lipinski definition) is 0. The third-order valence-corrected chi connectivity index (χ3v) is 3.64. The first-order valence-corrected chi connectivity index (χ1v) is 8.05. The summed E-state index contributed by atoms with van der Waals surface area (Å²) in [6.07, 6.45) is 2.78. The molecule has 1 heterocycles. The Morgan fingerprint density at radius 3 is 2.74 bits per heavy atom. The van der Waals surface area contributed by atoms with Gasteiger partial charge in [-0.2, -0.15) is 0 Å². The van der Waals surface area contributed by atoms with Gasteiger partial charge in [0.2, 0.25) is 0 Å². The summed E-state index contributed by atoms with van der Waals surface area (Å²) in [7, 11) is 1.36. The Kier molecular flexibility index (Phi) is 6.53. The van der Waals surface area contributed by atoms with Crippen LogP contribution in [-0.4, -0.2) is 19.7 Å². The van der Waals surface area contributed by atoms with E-state index in [0.29, 0.717) is 23.8 Å². The van der Waals surface area contributed by atoms with Gasteiger partial charge in [-0.1, -0.05) is 24.9 Å². The smallest absolute Gasteiger partial charge is 0.313 e. The van der Waals surface area contributed by atoms with Gasteiger partial charge in [0.15, 0.2) is 0 Å². The van der Waals surface area contributed by atoms with Gasteiger partial charge in [0.05, 0.1) is 13.7 Å². The topological polar surface area (TPSA) is 48.7 Å². The summed E-state index contributed by atoms with van der Waals surface area (Å²) in [5, 5.41) is 0.657. The summed E-state index contributed by atoms with van der Waals surface area (Å²) in [5.74, 6) is 1.83. The number of furan rings is 1. The van der Waals surface area contributed by atoms with Crippen molar-refractivity contribution in [3.63, 3.8) is 0 Å². The van der Waals surface area contributed by atoms with Crippen molar-refractivity contribution in [3.8, 4) is 5.75 Å². The summed E-state index contributed by atoms with van der Waals surface area (Å²) in [6, 6.07) is 9.22. The third-order valence-electron chi connectivity index (χ3n) is 3.41. The molecular formula is C18H21ClO4. The molecule has 0 aliphatic heterocycles. The fourth-order valence-corrected chi connectivity index (χ4v) is 2.36. The molecule has 0 bridgehead atoms. The highest BCUT2D eigenvalue weighted by Gasteiger charge is 2.11. The molecule has 4 nitrogen and oxygen atoms in total. The Hall–Kier alpha value is -1.94. The van der Waals surface area contributed by atoms with Crippen molar-refractivity contribution in [1.82, 2.24) is 0 Å². The molecule has 0 N–H and O–H groups in total. The average Bonchev–Trinajstić information content (AvgIpc) is 2.96. The van der Waals surface area contributed by atoms with Crippen LogP contribution < -0.4 is 4.74 Å². The van der Waals surface area contributed by atoms with Crippen LogP contribution >= 0.6 is 11.6 Å². The lowest BCUT2D eigenvalue weighted by Gasteiger charge is -2.11. The molecule has 0 fully saturated rings. The van der Waals surface area contributed by atoms with Crippen LogP contribution in [-0.2, 0) is 22.4 Å². The van der Waals surface area contributed by atoms with Crippen LogP contribution in [0, 0.1) is 0 Å². The molecule has 0 atom stereocenters. The largest absolute Gasteiger partial charge is 0.493 e. The van der Waals surface area contributed by atoms with Crippen LogP contribution in [0.25, 0.3) is 0 Å². The number of carbonyl (C=O) groups is 1. The monoisotopic (exact) mass is 336 g/mol. The Balaban J connectivity index is 2.09. The van der Waals surface area contributed by atoms with E-state index in [1.807, 2.05) is 24.3 Å². The van der Waals surface area contributed by atoms with Crippen LogP contribution in [0.4, 0.5) is 0 Å². The van der Waals surface area contributed by atoms with Crippen LogP contribution in [0.15, 0.2) is 34.7 Å². The first-order valence-electron chi connectivity index (χ1n) is 7.68. The highest BCUT2D eigenvalue weighted by Crippen LogP contribution is 2.26. The molecule has 0 radical (unpaired) electrons. The van der Waals surface area contributed by atoms with Crippen LogP contribution in [0.2, 0.25) is 5.02 Å². The zero-order chi connectivity index (χ0) is 16.7. The lowest BCUT2D eigenvalue weighted by molar-refractivity contribution is -0.140. The molecule has 2 rings (SSSR count). The fourth-order valence-electron chi connectivity index (χ4n) is 2.17. The number of rotatable bonds is 8. The molecule has 1 aromatic heterocycles. The summed E-state index contributed by atoms with van der Waals surface area (Å²) < 4.78 is 16.1. The van der Waals surface area contributed by atoms with Crippen molar-refractivity contribution in [1.29, 1.82) is 0 Å². The van der Waals surface area contributed by atoms with Crippen LogP contribution in [0.1, 0.15) is 36.8 Å². The quantitative estimate of drug-likeness (QED) is 0.529. The molecule has 0 spiro atoms. The van der Waals surface area contributed by atoms with E-state index in [1.165, 1.54) is 7.11 Å². The lowest BCUT2D eigenvalue weighted by atomic mass is 10.1. The summed E-state index contributed by atoms with van der Waals surface area (Å²) in [4.78, 5) is 11.3. The maximum atomic E-state index is 11.3.